The van der Waals surface area contributed by atoms with E-state index in [9.17, 15) is 9.70 Å². The molecule has 1 aromatic rings. The molecule has 106 valence electrons. The second-order valence-electron chi connectivity index (χ2n) is 4.66. The molecule has 0 amide bonds. The quantitative estimate of drug-likeness (QED) is 0.353. The highest BCUT2D eigenvalue weighted by Crippen LogP contribution is 2.19. The molecule has 0 saturated heterocycles. The van der Waals surface area contributed by atoms with Crippen LogP contribution >= 0.6 is 0 Å². The minimum Gasteiger partial charge on any atom is -0.426 e. The first-order valence-corrected chi connectivity index (χ1v) is 6.76. The molecule has 5 heteroatoms. The normalized spacial score (nSPS) is 20.3. The lowest BCUT2D eigenvalue weighted by Crippen LogP contribution is -2.19. The third-order valence-corrected chi connectivity index (χ3v) is 3.10. The molecular weight excluding hydrogens is 258 g/mol. The minimum atomic E-state index is -0.730. The fourth-order valence-electron chi connectivity index (χ4n) is 2.05. The predicted octanol–water partition coefficient (Wildman–Crippen LogP) is 4.49. The Morgan fingerprint density at radius 3 is 2.70 bits per heavy atom. The molecule has 1 aliphatic carbocycles. The van der Waals surface area contributed by atoms with Gasteiger partial charge in [-0.3, -0.25) is 0 Å². The highest BCUT2D eigenvalue weighted by Gasteiger charge is 2.14. The molecule has 0 bridgehead atoms. The summed E-state index contributed by atoms with van der Waals surface area (Å²) < 4.78 is 10.3. The summed E-state index contributed by atoms with van der Waals surface area (Å²) in [7, 11) is 0. The molecule has 0 N–H and O–H groups in total. The molecule has 1 aliphatic rings. The van der Waals surface area contributed by atoms with Gasteiger partial charge in [0.25, 0.3) is 0 Å². The van der Waals surface area contributed by atoms with Gasteiger partial charge in [0.1, 0.15) is 17.5 Å². The highest BCUT2D eigenvalue weighted by atomic mass is 16.7. The van der Waals surface area contributed by atoms with Gasteiger partial charge in [-0.2, -0.15) is 0 Å². The first-order chi connectivity index (χ1) is 9.78. The number of hydrogen-bond acceptors (Lipinski definition) is 5. The molecule has 1 atom stereocenters. The van der Waals surface area contributed by atoms with Gasteiger partial charge in [-0.1, -0.05) is 12.5 Å². The van der Waals surface area contributed by atoms with Gasteiger partial charge in [0.15, 0.2) is 0 Å². The number of allylic oxidation sites excluding steroid dienone is 1. The molecule has 1 unspecified atom stereocenters. The number of carbonyl (C=O) groups is 1. The van der Waals surface area contributed by atoms with Crippen molar-refractivity contribution in [1.29, 1.82) is 0 Å². The zero-order valence-corrected chi connectivity index (χ0v) is 11.2. The average Bonchev–Trinajstić information content (AvgIpc) is 2.42. The van der Waals surface area contributed by atoms with Crippen LogP contribution < -0.4 is 4.74 Å². The number of benzene rings is 1. The van der Waals surface area contributed by atoms with Crippen molar-refractivity contribution in [2.24, 2.45) is 5.18 Å². The van der Waals surface area contributed by atoms with Gasteiger partial charge in [0.05, 0.1) is 0 Å². The standard InChI is InChI=1S/C15H17NO4/c17-15(19-13-6-4-2-1-3-5-7-13)20-14-10-8-12(16-18)9-11-14/h4,6,8-11,13H,1-3,5,7H2/b6-4+. The summed E-state index contributed by atoms with van der Waals surface area (Å²) in [4.78, 5) is 21.9. The number of carbonyl (C=O) groups excluding carboxylic acids is 1. The van der Waals surface area contributed by atoms with Gasteiger partial charge in [0.2, 0.25) is 0 Å². The van der Waals surface area contributed by atoms with Crippen LogP contribution in [0.2, 0.25) is 0 Å². The number of ether oxygens (including phenoxy) is 2. The first-order valence-electron chi connectivity index (χ1n) is 6.76. The van der Waals surface area contributed by atoms with Crippen LogP contribution in [0.25, 0.3) is 0 Å². The van der Waals surface area contributed by atoms with Crippen LogP contribution in [-0.4, -0.2) is 12.3 Å². The average molecular weight is 275 g/mol. The van der Waals surface area contributed by atoms with Crippen LogP contribution in [0.3, 0.4) is 0 Å². The number of rotatable bonds is 3. The van der Waals surface area contributed by atoms with Gasteiger partial charge >= 0.3 is 6.16 Å². The Kier molecular flexibility index (Phi) is 5.29. The molecule has 0 fully saturated rings. The molecule has 0 spiro atoms. The smallest absolute Gasteiger partial charge is 0.426 e. The number of hydrogen-bond donors (Lipinski definition) is 0. The number of nitroso groups, excluding NO2 is 1. The largest absolute Gasteiger partial charge is 0.514 e. The van der Waals surface area contributed by atoms with E-state index in [1.807, 2.05) is 12.2 Å². The summed E-state index contributed by atoms with van der Waals surface area (Å²) in [5, 5.41) is 2.77. The summed E-state index contributed by atoms with van der Waals surface area (Å²) in [6, 6.07) is 5.97. The van der Waals surface area contributed by atoms with E-state index in [0.717, 1.165) is 25.7 Å². The van der Waals surface area contributed by atoms with Gasteiger partial charge in [-0.25, -0.2) is 4.79 Å². The minimum absolute atomic E-state index is 0.223. The summed E-state index contributed by atoms with van der Waals surface area (Å²) in [6.45, 7) is 0. The van der Waals surface area contributed by atoms with Crippen molar-refractivity contribution in [1.82, 2.24) is 0 Å². The molecule has 5 nitrogen and oxygen atoms in total. The van der Waals surface area contributed by atoms with E-state index in [0.29, 0.717) is 5.75 Å². The lowest BCUT2D eigenvalue weighted by molar-refractivity contribution is 0.0717. The molecule has 2 rings (SSSR count). The van der Waals surface area contributed by atoms with Crippen molar-refractivity contribution >= 4 is 11.8 Å². The van der Waals surface area contributed by atoms with E-state index in [4.69, 9.17) is 9.47 Å². The summed E-state index contributed by atoms with van der Waals surface area (Å²) >= 11 is 0. The fraction of sp³-hybridized carbons (Fsp3) is 0.400. The first kappa shape index (κ1) is 14.2. The molecule has 0 aliphatic heterocycles. The van der Waals surface area contributed by atoms with Crippen LogP contribution in [0.15, 0.2) is 41.6 Å². The topological polar surface area (TPSA) is 65.0 Å². The van der Waals surface area contributed by atoms with Crippen molar-refractivity contribution in [3.8, 4) is 5.75 Å². The third kappa shape index (κ3) is 4.50. The zero-order chi connectivity index (χ0) is 14.2. The zero-order valence-electron chi connectivity index (χ0n) is 11.2. The number of nitrogens with zero attached hydrogens (tertiary/aromatic N) is 1. The summed E-state index contributed by atoms with van der Waals surface area (Å²) in [6.07, 6.45) is 8.23. The second kappa shape index (κ2) is 7.43. The Morgan fingerprint density at radius 2 is 1.95 bits per heavy atom. The monoisotopic (exact) mass is 275 g/mol. The van der Waals surface area contributed by atoms with Crippen LogP contribution in [0, 0.1) is 4.91 Å². The molecule has 0 aromatic heterocycles. The van der Waals surface area contributed by atoms with Crippen LogP contribution in [0.4, 0.5) is 10.5 Å². The van der Waals surface area contributed by atoms with E-state index >= 15 is 0 Å². The Hall–Kier alpha value is -2.17. The SMILES string of the molecule is O=Nc1ccc(OC(=O)OC2/C=C/CCCCC2)cc1. The maximum absolute atomic E-state index is 11.7. The summed E-state index contributed by atoms with van der Waals surface area (Å²) in [5.74, 6) is 0.331. The molecule has 20 heavy (non-hydrogen) atoms. The predicted molar refractivity (Wildman–Crippen MR) is 75.0 cm³/mol. The molecule has 0 saturated carbocycles. The van der Waals surface area contributed by atoms with Crippen molar-refractivity contribution in [2.45, 2.75) is 38.2 Å². The molecular formula is C15H17NO4. The van der Waals surface area contributed by atoms with Gasteiger partial charge in [0, 0.05) is 0 Å². The van der Waals surface area contributed by atoms with Crippen LogP contribution in [0.5, 0.6) is 5.75 Å². The maximum Gasteiger partial charge on any atom is 0.514 e. The van der Waals surface area contributed by atoms with Crippen LogP contribution in [-0.2, 0) is 4.74 Å². The van der Waals surface area contributed by atoms with E-state index < -0.39 is 6.16 Å². The van der Waals surface area contributed by atoms with E-state index in [2.05, 4.69) is 5.18 Å². The summed E-state index contributed by atoms with van der Waals surface area (Å²) in [5.41, 5.74) is 0.286. The Labute approximate surface area is 117 Å². The maximum atomic E-state index is 11.7. The van der Waals surface area contributed by atoms with Gasteiger partial charge in [-0.15, -0.1) is 4.91 Å². The lowest BCUT2D eigenvalue weighted by Gasteiger charge is -2.15. The van der Waals surface area contributed by atoms with Crippen molar-refractivity contribution in [3.05, 3.63) is 41.3 Å². The lowest BCUT2D eigenvalue weighted by atomic mass is 10.0. The van der Waals surface area contributed by atoms with Crippen molar-refractivity contribution in [3.63, 3.8) is 0 Å². The Balaban J connectivity index is 1.87. The van der Waals surface area contributed by atoms with Crippen molar-refractivity contribution < 1.29 is 14.3 Å². The second-order valence-corrected chi connectivity index (χ2v) is 4.66. The van der Waals surface area contributed by atoms with Gasteiger partial charge < -0.3 is 9.47 Å². The Bertz CT molecular complexity index is 481. The molecule has 0 heterocycles. The fourth-order valence-corrected chi connectivity index (χ4v) is 2.05. The highest BCUT2D eigenvalue weighted by molar-refractivity contribution is 5.64. The van der Waals surface area contributed by atoms with Gasteiger partial charge in [-0.05, 0) is 61.2 Å². The molecule has 1 aromatic carbocycles. The van der Waals surface area contributed by atoms with E-state index in [1.165, 1.54) is 30.7 Å². The Morgan fingerprint density at radius 1 is 1.15 bits per heavy atom. The van der Waals surface area contributed by atoms with E-state index in [1.54, 1.807) is 0 Å². The van der Waals surface area contributed by atoms with Crippen molar-refractivity contribution in [2.75, 3.05) is 0 Å². The third-order valence-electron chi connectivity index (χ3n) is 3.10. The van der Waals surface area contributed by atoms with Crippen LogP contribution in [0.1, 0.15) is 32.1 Å². The molecule has 0 radical (unpaired) electrons. The van der Waals surface area contributed by atoms with E-state index in [-0.39, 0.29) is 11.8 Å².